The molecule has 0 bridgehead atoms. The summed E-state index contributed by atoms with van der Waals surface area (Å²) in [7, 11) is -2.70. The largest absolute Gasteiger partial charge is 0.288 e. The SMILES string of the molecule is Cc1ccccc1[P+](O[O])(c1ccccc1C)c1ccccc1C. The van der Waals surface area contributed by atoms with Gasteiger partial charge in [-0.3, -0.25) is 0 Å². The van der Waals surface area contributed by atoms with Crippen LogP contribution in [-0.4, -0.2) is 0 Å². The van der Waals surface area contributed by atoms with Gasteiger partial charge in [0.15, 0.2) is 0 Å². The molecule has 0 unspecified atom stereocenters. The zero-order valence-electron chi connectivity index (χ0n) is 14.2. The Morgan fingerprint density at radius 3 is 1.12 bits per heavy atom. The van der Waals surface area contributed by atoms with Crippen molar-refractivity contribution in [1.82, 2.24) is 0 Å². The van der Waals surface area contributed by atoms with Gasteiger partial charge < -0.3 is 0 Å². The second kappa shape index (κ2) is 6.86. The van der Waals surface area contributed by atoms with Gasteiger partial charge in [-0.1, -0.05) is 54.6 Å². The van der Waals surface area contributed by atoms with Crippen LogP contribution in [0.25, 0.3) is 0 Å². The standard InChI is InChI=1S/C21H21O2P/c1-16-10-4-7-13-19(16)24(23-22,20-14-8-5-11-17(20)2)21-15-9-6-12-18(21)3/h4-15H,1-3H3/q+1. The molecule has 0 saturated carbocycles. The maximum atomic E-state index is 12.4. The summed E-state index contributed by atoms with van der Waals surface area (Å²) in [6.07, 6.45) is 0. The van der Waals surface area contributed by atoms with E-state index in [2.05, 4.69) is 0 Å². The molecule has 0 aromatic heterocycles. The van der Waals surface area contributed by atoms with Crippen LogP contribution in [0.2, 0.25) is 0 Å². The molecule has 3 heteroatoms. The monoisotopic (exact) mass is 336 g/mol. The van der Waals surface area contributed by atoms with E-state index in [-0.39, 0.29) is 0 Å². The van der Waals surface area contributed by atoms with Gasteiger partial charge in [-0.05, 0) is 60.3 Å². The Labute approximate surface area is 144 Å². The molecule has 0 aliphatic rings. The lowest BCUT2D eigenvalue weighted by Crippen LogP contribution is -2.35. The van der Waals surface area contributed by atoms with E-state index in [1.54, 1.807) is 0 Å². The third-order valence-corrected chi connectivity index (χ3v) is 8.24. The molecule has 3 aromatic rings. The fourth-order valence-corrected chi connectivity index (χ4v) is 6.88. The number of benzene rings is 3. The number of aryl methyl sites for hydroxylation is 3. The average Bonchev–Trinajstić information content (AvgIpc) is 2.60. The van der Waals surface area contributed by atoms with Crippen molar-refractivity contribution < 1.29 is 9.93 Å². The minimum absolute atomic E-state index is 0.989. The molecule has 2 nitrogen and oxygen atoms in total. The molecule has 0 heterocycles. The van der Waals surface area contributed by atoms with Crippen LogP contribution >= 0.6 is 7.49 Å². The quantitative estimate of drug-likeness (QED) is 0.399. The number of hydrogen-bond donors (Lipinski definition) is 0. The summed E-state index contributed by atoms with van der Waals surface area (Å²) in [5, 5.41) is 15.3. The van der Waals surface area contributed by atoms with Crippen molar-refractivity contribution in [3.05, 3.63) is 89.5 Å². The van der Waals surface area contributed by atoms with Gasteiger partial charge in [-0.2, -0.15) is 0 Å². The van der Waals surface area contributed by atoms with Crippen LogP contribution in [0, 0.1) is 20.8 Å². The van der Waals surface area contributed by atoms with E-state index in [1.165, 1.54) is 0 Å². The highest BCUT2D eigenvalue weighted by atomic mass is 31.2. The fraction of sp³-hybridized carbons (Fsp3) is 0.143. The van der Waals surface area contributed by atoms with Gasteiger partial charge in [0.1, 0.15) is 15.9 Å². The molecule has 0 aliphatic carbocycles. The molecule has 0 atom stereocenters. The Morgan fingerprint density at radius 1 is 0.583 bits per heavy atom. The van der Waals surface area contributed by atoms with Crippen LogP contribution in [0.1, 0.15) is 16.7 Å². The number of rotatable bonds is 4. The highest BCUT2D eigenvalue weighted by Gasteiger charge is 2.52. The van der Waals surface area contributed by atoms with Crippen molar-refractivity contribution in [1.29, 1.82) is 0 Å². The second-order valence-corrected chi connectivity index (χ2v) is 8.86. The van der Waals surface area contributed by atoms with Gasteiger partial charge >= 0.3 is 0 Å². The maximum Gasteiger partial charge on any atom is 0.288 e. The van der Waals surface area contributed by atoms with Crippen LogP contribution in [-0.2, 0) is 9.93 Å². The Kier molecular flexibility index (Phi) is 4.82. The van der Waals surface area contributed by atoms with Gasteiger partial charge in [0.2, 0.25) is 0 Å². The van der Waals surface area contributed by atoms with Crippen molar-refractivity contribution in [2.24, 2.45) is 0 Å². The lowest BCUT2D eigenvalue weighted by molar-refractivity contribution is -0.200. The van der Waals surface area contributed by atoms with Crippen molar-refractivity contribution in [3.63, 3.8) is 0 Å². The summed E-state index contributed by atoms with van der Waals surface area (Å²) in [6, 6.07) is 24.1. The lowest BCUT2D eigenvalue weighted by Gasteiger charge is -2.24. The molecule has 0 spiro atoms. The maximum absolute atomic E-state index is 12.4. The molecule has 0 amide bonds. The minimum atomic E-state index is -2.70. The van der Waals surface area contributed by atoms with Crippen LogP contribution in [0.15, 0.2) is 72.8 Å². The van der Waals surface area contributed by atoms with E-state index in [9.17, 15) is 5.26 Å². The van der Waals surface area contributed by atoms with Crippen molar-refractivity contribution in [3.8, 4) is 0 Å². The van der Waals surface area contributed by atoms with E-state index >= 15 is 0 Å². The summed E-state index contributed by atoms with van der Waals surface area (Å²) in [6.45, 7) is 6.12. The molecule has 121 valence electrons. The van der Waals surface area contributed by atoms with E-state index in [1.807, 2.05) is 93.6 Å². The van der Waals surface area contributed by atoms with Gasteiger partial charge in [0, 0.05) is 5.26 Å². The Hall–Kier alpha value is -1.99. The predicted octanol–water partition coefficient (Wildman–Crippen LogP) is 4.18. The fourth-order valence-electron chi connectivity index (χ4n) is 3.26. The Bertz CT molecular complexity index is 747. The van der Waals surface area contributed by atoms with Gasteiger partial charge in [-0.15, -0.1) is 0 Å². The highest BCUT2D eigenvalue weighted by Crippen LogP contribution is 2.57. The molecule has 1 radical (unpaired) electrons. The third-order valence-electron chi connectivity index (χ3n) is 4.48. The Balaban J connectivity index is 2.43. The normalized spacial score (nSPS) is 11.5. The van der Waals surface area contributed by atoms with Crippen LogP contribution in [0.5, 0.6) is 0 Å². The van der Waals surface area contributed by atoms with E-state index in [0.29, 0.717) is 0 Å². The first-order chi connectivity index (χ1) is 11.6. The smallest absolute Gasteiger partial charge is 0.0617 e. The molecule has 0 aliphatic heterocycles. The predicted molar refractivity (Wildman–Crippen MR) is 101 cm³/mol. The summed E-state index contributed by atoms with van der Waals surface area (Å²) >= 11 is 0. The first-order valence-electron chi connectivity index (χ1n) is 8.00. The van der Waals surface area contributed by atoms with Crippen LogP contribution in [0.3, 0.4) is 0 Å². The van der Waals surface area contributed by atoms with E-state index < -0.39 is 7.49 Å². The zero-order chi connectivity index (χ0) is 17.2. The first-order valence-corrected chi connectivity index (χ1v) is 9.71. The lowest BCUT2D eigenvalue weighted by atomic mass is 10.2. The van der Waals surface area contributed by atoms with Crippen molar-refractivity contribution in [2.45, 2.75) is 20.8 Å². The second-order valence-electron chi connectivity index (χ2n) is 6.04. The minimum Gasteiger partial charge on any atom is -0.0617 e. The van der Waals surface area contributed by atoms with Crippen LogP contribution in [0.4, 0.5) is 0 Å². The molecular formula is C21H21O2P+. The molecule has 0 fully saturated rings. The first kappa shape index (κ1) is 16.9. The van der Waals surface area contributed by atoms with Crippen LogP contribution < -0.4 is 15.9 Å². The molecule has 3 rings (SSSR count). The van der Waals surface area contributed by atoms with Gasteiger partial charge in [0.25, 0.3) is 7.49 Å². The summed E-state index contributed by atoms with van der Waals surface area (Å²) in [5.74, 6) is 0. The number of hydrogen-bond acceptors (Lipinski definition) is 1. The Morgan fingerprint density at radius 2 is 0.875 bits per heavy atom. The van der Waals surface area contributed by atoms with E-state index in [4.69, 9.17) is 4.67 Å². The molecule has 3 aromatic carbocycles. The molecule has 0 N–H and O–H groups in total. The highest BCUT2D eigenvalue weighted by molar-refractivity contribution is 7.91. The molecular weight excluding hydrogens is 315 g/mol. The molecule has 0 saturated heterocycles. The van der Waals surface area contributed by atoms with Gasteiger partial charge in [-0.25, -0.2) is 0 Å². The summed E-state index contributed by atoms with van der Waals surface area (Å²) < 4.78 is 5.20. The van der Waals surface area contributed by atoms with Gasteiger partial charge in [0.05, 0.1) is 0 Å². The van der Waals surface area contributed by atoms with Crippen molar-refractivity contribution in [2.75, 3.05) is 0 Å². The van der Waals surface area contributed by atoms with E-state index in [0.717, 1.165) is 32.6 Å². The molecule has 24 heavy (non-hydrogen) atoms. The third kappa shape index (κ3) is 2.67. The zero-order valence-corrected chi connectivity index (χ0v) is 15.1. The van der Waals surface area contributed by atoms with Crippen molar-refractivity contribution >= 4 is 23.4 Å². The average molecular weight is 336 g/mol. The topological polar surface area (TPSA) is 29.1 Å². The summed E-state index contributed by atoms with van der Waals surface area (Å²) in [4.78, 5) is 0. The summed E-state index contributed by atoms with van der Waals surface area (Å²) in [5.41, 5.74) is 3.23.